The number of hydrogen-bond donors (Lipinski definition) is 0. The Morgan fingerprint density at radius 3 is 1.38 bits per heavy atom. The van der Waals surface area contributed by atoms with Crippen LogP contribution in [0.2, 0.25) is 20.9 Å². The molecule has 0 radical (unpaired) electrons. The van der Waals surface area contributed by atoms with E-state index in [1.54, 1.807) is 0 Å². The van der Waals surface area contributed by atoms with Crippen molar-refractivity contribution in [1.29, 1.82) is 0 Å². The van der Waals surface area contributed by atoms with Gasteiger partial charge >= 0.3 is 0 Å². The molecule has 0 spiro atoms. The third-order valence-electron chi connectivity index (χ3n) is 1.72. The first-order chi connectivity index (χ1) is 7.58. The lowest BCUT2D eigenvalue weighted by Gasteiger charge is -2.04. The Balaban J connectivity index is 2.59. The molecule has 82 valence electrons. The maximum Gasteiger partial charge on any atom is 0.223 e. The molecule has 2 rings (SSSR count). The Morgan fingerprint density at radius 2 is 1.06 bits per heavy atom. The maximum absolute atomic E-state index is 5.89. The van der Waals surface area contributed by atoms with Gasteiger partial charge in [-0.2, -0.15) is 0 Å². The topological polar surface area (TPSA) is 51.6 Å². The largest absolute Gasteiger partial charge is 0.226 e. The van der Waals surface area contributed by atoms with E-state index in [1.807, 2.05) is 0 Å². The zero-order chi connectivity index (χ0) is 11.7. The average molecular weight is 296 g/mol. The van der Waals surface area contributed by atoms with Gasteiger partial charge in [-0.1, -0.05) is 23.2 Å². The van der Waals surface area contributed by atoms with Crippen molar-refractivity contribution in [2.75, 3.05) is 0 Å². The molecule has 16 heavy (non-hydrogen) atoms. The van der Waals surface area contributed by atoms with Crippen LogP contribution in [0.15, 0.2) is 12.4 Å². The molecule has 0 amide bonds. The van der Waals surface area contributed by atoms with Crippen molar-refractivity contribution in [1.82, 2.24) is 19.9 Å². The van der Waals surface area contributed by atoms with Gasteiger partial charge in [-0.25, -0.2) is 19.9 Å². The minimum absolute atomic E-state index is 0.0553. The van der Waals surface area contributed by atoms with Gasteiger partial charge in [-0.15, -0.1) is 0 Å². The van der Waals surface area contributed by atoms with Crippen LogP contribution in [0, 0.1) is 0 Å². The fraction of sp³-hybridized carbons (Fsp3) is 0. The van der Waals surface area contributed by atoms with Crippen LogP contribution >= 0.6 is 46.4 Å². The first-order valence-electron chi connectivity index (χ1n) is 3.94. The predicted octanol–water partition coefficient (Wildman–Crippen LogP) is 3.55. The van der Waals surface area contributed by atoms with Crippen LogP contribution in [-0.2, 0) is 0 Å². The summed E-state index contributed by atoms with van der Waals surface area (Å²) >= 11 is 22.9. The second-order valence-electron chi connectivity index (χ2n) is 2.69. The molecule has 4 nitrogen and oxygen atoms in total. The zero-order valence-electron chi connectivity index (χ0n) is 7.46. The fourth-order valence-electron chi connectivity index (χ4n) is 1.04. The summed E-state index contributed by atoms with van der Waals surface area (Å²) in [6.45, 7) is 0. The molecule has 0 fully saturated rings. The monoisotopic (exact) mass is 294 g/mol. The highest BCUT2D eigenvalue weighted by Crippen LogP contribution is 2.30. The lowest BCUT2D eigenvalue weighted by molar-refractivity contribution is 1.14. The fourth-order valence-corrected chi connectivity index (χ4v) is 1.86. The second kappa shape index (κ2) is 4.67. The van der Waals surface area contributed by atoms with Gasteiger partial charge in [-0.05, 0) is 23.2 Å². The van der Waals surface area contributed by atoms with Crippen LogP contribution < -0.4 is 0 Å². The first-order valence-corrected chi connectivity index (χ1v) is 5.45. The van der Waals surface area contributed by atoms with Crippen LogP contribution in [0.5, 0.6) is 0 Å². The average Bonchev–Trinajstić information content (AvgIpc) is 2.19. The molecule has 0 aliphatic carbocycles. The lowest BCUT2D eigenvalue weighted by atomic mass is 10.2. The quantitative estimate of drug-likeness (QED) is 0.596. The molecular formula is C8H2Cl4N4. The van der Waals surface area contributed by atoms with Crippen molar-refractivity contribution in [3.8, 4) is 11.1 Å². The summed E-state index contributed by atoms with van der Waals surface area (Å²) in [5.74, 6) is 0. The van der Waals surface area contributed by atoms with E-state index in [-0.39, 0.29) is 20.9 Å². The molecule has 0 aromatic carbocycles. The third-order valence-corrected chi connectivity index (χ3v) is 2.66. The zero-order valence-corrected chi connectivity index (χ0v) is 10.5. The van der Waals surface area contributed by atoms with Gasteiger partial charge in [0.15, 0.2) is 0 Å². The van der Waals surface area contributed by atoms with E-state index in [2.05, 4.69) is 19.9 Å². The van der Waals surface area contributed by atoms with Gasteiger partial charge in [-0.3, -0.25) is 0 Å². The number of halogens is 4. The van der Waals surface area contributed by atoms with E-state index in [0.29, 0.717) is 11.1 Å². The Morgan fingerprint density at radius 1 is 0.688 bits per heavy atom. The van der Waals surface area contributed by atoms with Crippen LogP contribution in [0.4, 0.5) is 0 Å². The summed E-state index contributed by atoms with van der Waals surface area (Å²) in [7, 11) is 0. The molecule has 2 heterocycles. The van der Waals surface area contributed by atoms with Crippen molar-refractivity contribution < 1.29 is 0 Å². The highest BCUT2D eigenvalue weighted by molar-refractivity contribution is 6.36. The molecule has 2 aromatic heterocycles. The van der Waals surface area contributed by atoms with Gasteiger partial charge in [0.25, 0.3) is 0 Å². The van der Waals surface area contributed by atoms with E-state index >= 15 is 0 Å². The number of aromatic nitrogens is 4. The summed E-state index contributed by atoms with van der Waals surface area (Å²) in [5, 5.41) is 0.458. The smallest absolute Gasteiger partial charge is 0.223 e. The minimum Gasteiger partial charge on any atom is -0.226 e. The van der Waals surface area contributed by atoms with Crippen molar-refractivity contribution in [3.05, 3.63) is 33.3 Å². The molecule has 0 N–H and O–H groups in total. The van der Waals surface area contributed by atoms with Crippen LogP contribution in [0.3, 0.4) is 0 Å². The third kappa shape index (κ3) is 2.35. The molecule has 2 aromatic rings. The molecule has 0 bridgehead atoms. The van der Waals surface area contributed by atoms with Gasteiger partial charge in [0.2, 0.25) is 10.6 Å². The van der Waals surface area contributed by atoms with E-state index in [0.717, 1.165) is 0 Å². The maximum atomic E-state index is 5.89. The summed E-state index contributed by atoms with van der Waals surface area (Å²) in [5.41, 5.74) is 0.987. The predicted molar refractivity (Wildman–Crippen MR) is 63.1 cm³/mol. The van der Waals surface area contributed by atoms with E-state index in [4.69, 9.17) is 46.4 Å². The Bertz CT molecular complexity index is 496. The van der Waals surface area contributed by atoms with Gasteiger partial charge in [0.05, 0.1) is 0 Å². The summed E-state index contributed by atoms with van der Waals surface area (Å²) in [4.78, 5) is 15.2. The van der Waals surface area contributed by atoms with Crippen molar-refractivity contribution in [2.45, 2.75) is 0 Å². The summed E-state index contributed by atoms with van der Waals surface area (Å²) in [6, 6.07) is 0. The molecule has 0 saturated carbocycles. The van der Waals surface area contributed by atoms with Crippen molar-refractivity contribution in [3.63, 3.8) is 0 Å². The van der Waals surface area contributed by atoms with Crippen molar-refractivity contribution in [2.24, 2.45) is 0 Å². The second-order valence-corrected chi connectivity index (χ2v) is 4.08. The van der Waals surface area contributed by atoms with Crippen LogP contribution in [0.25, 0.3) is 11.1 Å². The van der Waals surface area contributed by atoms with Crippen LogP contribution in [0.1, 0.15) is 0 Å². The summed E-state index contributed by atoms with van der Waals surface area (Å²) in [6.07, 6.45) is 2.88. The molecule has 0 atom stereocenters. The Kier molecular flexibility index (Phi) is 3.44. The molecular weight excluding hydrogens is 294 g/mol. The van der Waals surface area contributed by atoms with Gasteiger partial charge in [0, 0.05) is 23.5 Å². The number of hydrogen-bond acceptors (Lipinski definition) is 4. The highest BCUT2D eigenvalue weighted by Gasteiger charge is 2.12. The Hall–Kier alpha value is -0.680. The van der Waals surface area contributed by atoms with Gasteiger partial charge in [0.1, 0.15) is 10.3 Å². The SMILES string of the molecule is Clc1ncc(-c2cnc(Cl)nc2Cl)c(Cl)n1. The van der Waals surface area contributed by atoms with E-state index in [1.165, 1.54) is 12.4 Å². The first kappa shape index (κ1) is 11.8. The summed E-state index contributed by atoms with van der Waals surface area (Å²) < 4.78 is 0. The Labute approximate surface area is 111 Å². The van der Waals surface area contributed by atoms with Gasteiger partial charge < -0.3 is 0 Å². The van der Waals surface area contributed by atoms with E-state index < -0.39 is 0 Å². The van der Waals surface area contributed by atoms with E-state index in [9.17, 15) is 0 Å². The molecule has 0 aliphatic rings. The molecule has 0 saturated heterocycles. The molecule has 8 heteroatoms. The number of nitrogens with zero attached hydrogens (tertiary/aromatic N) is 4. The minimum atomic E-state index is 0.0553. The highest BCUT2D eigenvalue weighted by atomic mass is 35.5. The number of rotatable bonds is 1. The normalized spacial score (nSPS) is 10.5. The molecule has 0 aliphatic heterocycles. The molecule has 0 unspecified atom stereocenters. The van der Waals surface area contributed by atoms with Crippen LogP contribution in [-0.4, -0.2) is 19.9 Å². The lowest BCUT2D eigenvalue weighted by Crippen LogP contribution is -1.92. The van der Waals surface area contributed by atoms with Crippen molar-refractivity contribution >= 4 is 46.4 Å². The standard InChI is InChI=1S/C8H2Cl4N4/c9-5-3(1-13-7(11)15-5)4-2-14-8(12)16-6(4)10/h1-2H.